The zero-order valence-corrected chi connectivity index (χ0v) is 14.0. The molecule has 1 heterocycles. The molecule has 0 bridgehead atoms. The molecule has 0 aliphatic carbocycles. The third-order valence-corrected chi connectivity index (χ3v) is 4.58. The van der Waals surface area contributed by atoms with Gasteiger partial charge in [-0.2, -0.15) is 5.10 Å². The molecular formula is C15H30N4O. The van der Waals surface area contributed by atoms with Crippen molar-refractivity contribution in [1.82, 2.24) is 20.0 Å². The Labute approximate surface area is 123 Å². The van der Waals surface area contributed by atoms with E-state index in [-0.39, 0.29) is 11.6 Å². The number of aryl methyl sites for hydroxylation is 1. The predicted octanol–water partition coefficient (Wildman–Crippen LogP) is 2.29. The van der Waals surface area contributed by atoms with Gasteiger partial charge < -0.3 is 15.0 Å². The van der Waals surface area contributed by atoms with Crippen molar-refractivity contribution in [2.75, 3.05) is 28.3 Å². The maximum Gasteiger partial charge on any atom is 0.161 e. The zero-order valence-electron chi connectivity index (χ0n) is 14.0. The summed E-state index contributed by atoms with van der Waals surface area (Å²) in [6.07, 6.45) is 3.93. The summed E-state index contributed by atoms with van der Waals surface area (Å²) < 4.78 is 7.56. The van der Waals surface area contributed by atoms with Gasteiger partial charge in [-0.3, -0.25) is 4.68 Å². The van der Waals surface area contributed by atoms with Gasteiger partial charge in [-0.1, -0.05) is 13.8 Å². The molecule has 20 heavy (non-hydrogen) atoms. The summed E-state index contributed by atoms with van der Waals surface area (Å²) >= 11 is 0. The highest BCUT2D eigenvalue weighted by molar-refractivity contribution is 5.31. The highest BCUT2D eigenvalue weighted by Gasteiger charge is 2.41. The molecule has 0 amide bonds. The first-order valence-electron chi connectivity index (χ1n) is 7.46. The topological polar surface area (TPSA) is 42.3 Å². The van der Waals surface area contributed by atoms with Crippen LogP contribution in [0.4, 0.5) is 0 Å². The summed E-state index contributed by atoms with van der Waals surface area (Å²) in [5, 5.41) is 7.94. The van der Waals surface area contributed by atoms with Crippen molar-refractivity contribution in [3.05, 3.63) is 11.9 Å². The Bertz CT molecular complexity index is 389. The molecule has 0 saturated carbocycles. The molecule has 116 valence electrons. The quantitative estimate of drug-likeness (QED) is 0.794. The summed E-state index contributed by atoms with van der Waals surface area (Å²) in [5.74, 6) is 0.860. The number of likely N-dealkylation sites (N-methyl/N-ethyl adjacent to an activating group) is 2. The van der Waals surface area contributed by atoms with Gasteiger partial charge in [-0.25, -0.2) is 0 Å². The maximum absolute atomic E-state index is 5.53. The lowest BCUT2D eigenvalue weighted by Gasteiger charge is -2.45. The van der Waals surface area contributed by atoms with Crippen LogP contribution in [0.3, 0.4) is 0 Å². The second kappa shape index (κ2) is 7.09. The molecule has 5 heteroatoms. The molecule has 0 fully saturated rings. The number of methoxy groups -OCH3 is 1. The van der Waals surface area contributed by atoms with Crippen LogP contribution in [-0.4, -0.2) is 48.5 Å². The summed E-state index contributed by atoms with van der Waals surface area (Å²) in [5.41, 5.74) is 1.17. The number of nitrogens with one attached hydrogen (secondary N) is 1. The van der Waals surface area contributed by atoms with E-state index in [4.69, 9.17) is 4.74 Å². The van der Waals surface area contributed by atoms with Crippen molar-refractivity contribution in [2.24, 2.45) is 0 Å². The fourth-order valence-corrected chi connectivity index (χ4v) is 3.29. The number of ether oxygens (including phenoxy) is 1. The lowest BCUT2D eigenvalue weighted by atomic mass is 9.81. The summed E-state index contributed by atoms with van der Waals surface area (Å²) in [6.45, 7) is 7.44. The average molecular weight is 282 g/mol. The van der Waals surface area contributed by atoms with E-state index in [1.165, 1.54) is 0 Å². The molecule has 0 radical (unpaired) electrons. The lowest BCUT2D eigenvalue weighted by Crippen LogP contribution is -2.53. The van der Waals surface area contributed by atoms with Crippen molar-refractivity contribution < 1.29 is 4.74 Å². The molecule has 0 saturated heterocycles. The highest BCUT2D eigenvalue weighted by Crippen LogP contribution is 2.39. The van der Waals surface area contributed by atoms with E-state index < -0.39 is 0 Å². The first-order valence-corrected chi connectivity index (χ1v) is 7.46. The zero-order chi connectivity index (χ0) is 15.3. The van der Waals surface area contributed by atoms with Gasteiger partial charge in [0.1, 0.15) is 0 Å². The molecular weight excluding hydrogens is 252 g/mol. The van der Waals surface area contributed by atoms with Gasteiger partial charge in [0.05, 0.1) is 25.0 Å². The van der Waals surface area contributed by atoms with E-state index in [9.17, 15) is 0 Å². The van der Waals surface area contributed by atoms with Crippen LogP contribution in [0.25, 0.3) is 0 Å². The lowest BCUT2D eigenvalue weighted by molar-refractivity contribution is 0.0864. The van der Waals surface area contributed by atoms with Gasteiger partial charge in [0.15, 0.2) is 5.75 Å². The molecule has 1 atom stereocenters. The third-order valence-electron chi connectivity index (χ3n) is 4.58. The van der Waals surface area contributed by atoms with Gasteiger partial charge in [-0.05, 0) is 40.9 Å². The van der Waals surface area contributed by atoms with Crippen molar-refractivity contribution in [3.63, 3.8) is 0 Å². The van der Waals surface area contributed by atoms with Crippen molar-refractivity contribution in [2.45, 2.75) is 51.7 Å². The average Bonchev–Trinajstić information content (AvgIpc) is 2.86. The second-order valence-electron chi connectivity index (χ2n) is 5.34. The first-order chi connectivity index (χ1) is 9.52. The van der Waals surface area contributed by atoms with E-state index in [0.29, 0.717) is 0 Å². The Morgan fingerprint density at radius 2 is 1.95 bits per heavy atom. The summed E-state index contributed by atoms with van der Waals surface area (Å²) in [6, 6.07) is 0.171. The Morgan fingerprint density at radius 3 is 2.30 bits per heavy atom. The molecule has 1 N–H and O–H groups in total. The molecule has 0 aliphatic heterocycles. The van der Waals surface area contributed by atoms with E-state index >= 15 is 0 Å². The van der Waals surface area contributed by atoms with Gasteiger partial charge >= 0.3 is 0 Å². The first kappa shape index (κ1) is 17.0. The Balaban J connectivity index is 3.40. The van der Waals surface area contributed by atoms with Crippen LogP contribution < -0.4 is 10.1 Å². The van der Waals surface area contributed by atoms with Crippen molar-refractivity contribution >= 4 is 0 Å². The Kier molecular flexibility index (Phi) is 6.02. The van der Waals surface area contributed by atoms with Gasteiger partial charge in [0.25, 0.3) is 0 Å². The van der Waals surface area contributed by atoms with Crippen LogP contribution in [0.2, 0.25) is 0 Å². The number of hydrogen-bond acceptors (Lipinski definition) is 4. The Hall–Kier alpha value is -1.07. The molecule has 0 aliphatic rings. The number of hydrogen-bond donors (Lipinski definition) is 1. The molecule has 1 aromatic rings. The van der Waals surface area contributed by atoms with E-state index in [1.807, 2.05) is 17.9 Å². The fourth-order valence-electron chi connectivity index (χ4n) is 3.29. The maximum atomic E-state index is 5.53. The van der Waals surface area contributed by atoms with Crippen LogP contribution in [0.5, 0.6) is 5.75 Å². The van der Waals surface area contributed by atoms with Gasteiger partial charge in [0.2, 0.25) is 0 Å². The van der Waals surface area contributed by atoms with Crippen molar-refractivity contribution in [1.29, 1.82) is 0 Å². The van der Waals surface area contributed by atoms with Crippen molar-refractivity contribution in [3.8, 4) is 5.75 Å². The minimum Gasteiger partial charge on any atom is -0.493 e. The molecule has 1 unspecified atom stereocenters. The molecule has 1 aromatic heterocycles. The van der Waals surface area contributed by atoms with Crippen LogP contribution >= 0.6 is 0 Å². The monoisotopic (exact) mass is 282 g/mol. The van der Waals surface area contributed by atoms with E-state index in [0.717, 1.165) is 30.8 Å². The molecule has 1 rings (SSSR count). The van der Waals surface area contributed by atoms with E-state index in [1.54, 1.807) is 7.11 Å². The minimum absolute atomic E-state index is 0.0367. The smallest absolute Gasteiger partial charge is 0.161 e. The SMILES string of the molecule is CCn1ncc(OC)c1C(NC)C(CC)(CC)N(C)C. The second-order valence-corrected chi connectivity index (χ2v) is 5.34. The highest BCUT2D eigenvalue weighted by atomic mass is 16.5. The van der Waals surface area contributed by atoms with Gasteiger partial charge in [0, 0.05) is 12.1 Å². The standard InChI is InChI=1S/C15H30N4O/c1-8-15(9-2,18(5)6)14(16-4)13-12(20-7)11-17-19(13)10-3/h11,14,16H,8-10H2,1-7H3. The third kappa shape index (κ3) is 2.69. The largest absolute Gasteiger partial charge is 0.493 e. The fraction of sp³-hybridized carbons (Fsp3) is 0.800. The Morgan fingerprint density at radius 1 is 1.35 bits per heavy atom. The molecule has 0 aromatic carbocycles. The minimum atomic E-state index is 0.0367. The van der Waals surface area contributed by atoms with E-state index in [2.05, 4.69) is 50.2 Å². The molecule has 0 spiro atoms. The van der Waals surface area contributed by atoms with Crippen LogP contribution in [0.15, 0.2) is 6.20 Å². The van der Waals surface area contributed by atoms with Crippen LogP contribution in [-0.2, 0) is 6.54 Å². The summed E-state index contributed by atoms with van der Waals surface area (Å²) in [4.78, 5) is 2.32. The number of nitrogens with zero attached hydrogens (tertiary/aromatic N) is 3. The van der Waals surface area contributed by atoms with Gasteiger partial charge in [-0.15, -0.1) is 0 Å². The number of aromatic nitrogens is 2. The normalized spacial score (nSPS) is 13.8. The van der Waals surface area contributed by atoms with Crippen LogP contribution in [0.1, 0.15) is 45.3 Å². The van der Waals surface area contributed by atoms with Crippen LogP contribution in [0, 0.1) is 0 Å². The molecule has 5 nitrogen and oxygen atoms in total. The summed E-state index contributed by atoms with van der Waals surface area (Å²) in [7, 11) is 8.02. The number of rotatable bonds is 8. The predicted molar refractivity (Wildman–Crippen MR) is 83.3 cm³/mol.